The zero-order chi connectivity index (χ0) is 25.5. The molecule has 8 heteroatoms. The van der Waals surface area contributed by atoms with Crippen LogP contribution in [-0.2, 0) is 16.0 Å². The van der Waals surface area contributed by atoms with E-state index in [9.17, 15) is 14.4 Å². The summed E-state index contributed by atoms with van der Waals surface area (Å²) < 4.78 is 16.1. The van der Waals surface area contributed by atoms with Crippen LogP contribution >= 0.6 is 0 Å². The predicted octanol–water partition coefficient (Wildman–Crippen LogP) is 3.72. The molecule has 0 aliphatic carbocycles. The predicted molar refractivity (Wildman–Crippen MR) is 134 cm³/mol. The van der Waals surface area contributed by atoms with Crippen molar-refractivity contribution in [3.63, 3.8) is 0 Å². The van der Waals surface area contributed by atoms with Gasteiger partial charge in [0.05, 0.1) is 26.4 Å². The van der Waals surface area contributed by atoms with Crippen molar-refractivity contribution in [1.29, 1.82) is 0 Å². The number of methoxy groups -OCH3 is 2. The first-order valence-corrected chi connectivity index (χ1v) is 12.6. The van der Waals surface area contributed by atoms with Crippen LogP contribution in [0.3, 0.4) is 0 Å². The fourth-order valence-electron chi connectivity index (χ4n) is 4.96. The van der Waals surface area contributed by atoms with E-state index in [-0.39, 0.29) is 35.5 Å². The fourth-order valence-corrected chi connectivity index (χ4v) is 4.96. The number of fused-ring (bicyclic) bond motifs is 3. The average molecular weight is 495 g/mol. The third-order valence-corrected chi connectivity index (χ3v) is 6.88. The quantitative estimate of drug-likeness (QED) is 0.605. The van der Waals surface area contributed by atoms with Crippen LogP contribution in [0.25, 0.3) is 0 Å². The number of benzene rings is 2. The Morgan fingerprint density at radius 3 is 2.61 bits per heavy atom. The van der Waals surface area contributed by atoms with E-state index in [1.54, 1.807) is 11.0 Å². The van der Waals surface area contributed by atoms with Crippen LogP contribution in [0.5, 0.6) is 11.5 Å². The van der Waals surface area contributed by atoms with E-state index in [1.807, 2.05) is 17.0 Å². The Bertz CT molecular complexity index is 1100. The van der Waals surface area contributed by atoms with Crippen molar-refractivity contribution >= 4 is 17.8 Å². The average Bonchev–Trinajstić information content (AvgIpc) is 2.92. The van der Waals surface area contributed by atoms with Gasteiger partial charge in [0.2, 0.25) is 5.91 Å². The largest absolute Gasteiger partial charge is 0.497 e. The van der Waals surface area contributed by atoms with Crippen molar-refractivity contribution in [2.24, 2.45) is 0 Å². The van der Waals surface area contributed by atoms with Gasteiger partial charge in [-0.3, -0.25) is 9.59 Å². The van der Waals surface area contributed by atoms with Crippen LogP contribution in [-0.4, -0.2) is 74.1 Å². The van der Waals surface area contributed by atoms with E-state index in [0.29, 0.717) is 31.9 Å². The number of hydrogen-bond acceptors (Lipinski definition) is 6. The van der Waals surface area contributed by atoms with Crippen molar-refractivity contribution < 1.29 is 28.6 Å². The topological polar surface area (TPSA) is 85.4 Å². The summed E-state index contributed by atoms with van der Waals surface area (Å²) in [4.78, 5) is 42.8. The lowest BCUT2D eigenvalue weighted by atomic mass is 9.95. The van der Waals surface area contributed by atoms with E-state index in [2.05, 4.69) is 12.1 Å². The molecule has 1 fully saturated rings. The number of ether oxygens (including phenoxy) is 3. The Morgan fingerprint density at radius 1 is 0.972 bits per heavy atom. The maximum atomic E-state index is 13.6. The van der Waals surface area contributed by atoms with Crippen molar-refractivity contribution in [2.45, 2.75) is 44.6 Å². The summed E-state index contributed by atoms with van der Waals surface area (Å²) in [5.41, 5.74) is 1.69. The van der Waals surface area contributed by atoms with Crippen LogP contribution in [0.4, 0.5) is 0 Å². The highest BCUT2D eigenvalue weighted by Crippen LogP contribution is 2.25. The molecule has 0 spiro atoms. The molecule has 2 bridgehead atoms. The number of aryl methyl sites for hydroxylation is 1. The lowest BCUT2D eigenvalue weighted by Gasteiger charge is -2.37. The molecule has 36 heavy (non-hydrogen) atoms. The summed E-state index contributed by atoms with van der Waals surface area (Å²) in [5.74, 6) is 0.237. The third-order valence-electron chi connectivity index (χ3n) is 6.88. The van der Waals surface area contributed by atoms with Gasteiger partial charge in [-0.2, -0.15) is 0 Å². The summed E-state index contributed by atoms with van der Waals surface area (Å²) in [6, 6.07) is 12.8. The molecule has 0 radical (unpaired) electrons. The number of carbonyl (C=O) groups is 3. The van der Waals surface area contributed by atoms with Crippen LogP contribution in [0, 0.1) is 0 Å². The van der Waals surface area contributed by atoms with Gasteiger partial charge >= 0.3 is 5.97 Å². The maximum absolute atomic E-state index is 13.6. The normalized spacial score (nSPS) is 18.9. The van der Waals surface area contributed by atoms with Crippen LogP contribution in [0.15, 0.2) is 42.5 Å². The van der Waals surface area contributed by atoms with Crippen molar-refractivity contribution in [3.05, 3.63) is 59.2 Å². The summed E-state index contributed by atoms with van der Waals surface area (Å²) in [7, 11) is 2.76. The minimum Gasteiger partial charge on any atom is -0.497 e. The number of nitrogens with zero attached hydrogens (tertiary/aromatic N) is 2. The highest BCUT2D eigenvalue weighted by Gasteiger charge is 2.29. The molecular formula is C28H34N2O6. The molecule has 4 rings (SSSR count). The molecule has 1 atom stereocenters. The summed E-state index contributed by atoms with van der Waals surface area (Å²) >= 11 is 0. The SMILES string of the molecule is COC(=O)c1cc(OC)cc(C(=O)N2CCCOc3cccc(c3)CCC3CCCCN3C(=O)C2)c1. The lowest BCUT2D eigenvalue weighted by molar-refractivity contribution is -0.135. The molecule has 0 aromatic heterocycles. The first-order valence-electron chi connectivity index (χ1n) is 12.6. The Kier molecular flexibility index (Phi) is 8.46. The molecule has 1 saturated heterocycles. The Hall–Kier alpha value is -3.55. The molecule has 2 amide bonds. The second-order valence-electron chi connectivity index (χ2n) is 9.29. The fraction of sp³-hybridized carbons (Fsp3) is 0.464. The first kappa shape index (κ1) is 25.5. The molecule has 2 aromatic carbocycles. The zero-order valence-corrected chi connectivity index (χ0v) is 21.0. The number of carbonyl (C=O) groups excluding carboxylic acids is 3. The van der Waals surface area contributed by atoms with Crippen molar-refractivity contribution in [1.82, 2.24) is 9.80 Å². The zero-order valence-electron chi connectivity index (χ0n) is 21.0. The minimum absolute atomic E-state index is 0.0224. The molecule has 2 heterocycles. The van der Waals surface area contributed by atoms with Crippen LogP contribution < -0.4 is 9.47 Å². The van der Waals surface area contributed by atoms with Gasteiger partial charge in [0.15, 0.2) is 0 Å². The Labute approximate surface area is 212 Å². The highest BCUT2D eigenvalue weighted by atomic mass is 16.5. The molecule has 2 aliphatic heterocycles. The van der Waals surface area contributed by atoms with Gasteiger partial charge in [-0.05, 0) is 74.4 Å². The molecule has 2 aliphatic rings. The smallest absolute Gasteiger partial charge is 0.338 e. The second-order valence-corrected chi connectivity index (χ2v) is 9.29. The monoisotopic (exact) mass is 494 g/mol. The highest BCUT2D eigenvalue weighted by molar-refractivity contribution is 6.00. The molecule has 8 nitrogen and oxygen atoms in total. The van der Waals surface area contributed by atoms with E-state index >= 15 is 0 Å². The summed E-state index contributed by atoms with van der Waals surface area (Å²) in [6.45, 7) is 1.44. The van der Waals surface area contributed by atoms with E-state index in [0.717, 1.165) is 37.9 Å². The molecule has 1 unspecified atom stereocenters. The second kappa shape index (κ2) is 11.9. The van der Waals surface area contributed by atoms with Gasteiger partial charge in [-0.15, -0.1) is 0 Å². The molecule has 0 N–H and O–H groups in total. The van der Waals surface area contributed by atoms with E-state index in [1.165, 1.54) is 31.9 Å². The number of esters is 1. The third kappa shape index (κ3) is 6.17. The van der Waals surface area contributed by atoms with Crippen molar-refractivity contribution in [3.8, 4) is 11.5 Å². The molecule has 192 valence electrons. The maximum Gasteiger partial charge on any atom is 0.338 e. The van der Waals surface area contributed by atoms with E-state index < -0.39 is 5.97 Å². The number of amides is 2. The minimum atomic E-state index is -0.563. The standard InChI is InChI=1S/C28H34N2O6/c1-34-25-17-21(16-22(18-25)28(33)35-2)27(32)29-12-6-14-36-24-9-5-7-20(15-24)10-11-23-8-3-4-13-30(23)26(31)19-29/h5,7,9,15-18,23H,3-4,6,8,10-14,19H2,1-2H3. The molecule has 0 saturated carbocycles. The lowest BCUT2D eigenvalue weighted by Crippen LogP contribution is -2.49. The summed E-state index contributed by atoms with van der Waals surface area (Å²) in [5, 5.41) is 0. The van der Waals surface area contributed by atoms with Gasteiger partial charge in [0, 0.05) is 24.7 Å². The summed E-state index contributed by atoms with van der Waals surface area (Å²) in [6.07, 6.45) is 5.34. The number of piperidine rings is 1. The Morgan fingerprint density at radius 2 is 1.81 bits per heavy atom. The van der Waals surface area contributed by atoms with Crippen LogP contribution in [0.1, 0.15) is 58.4 Å². The van der Waals surface area contributed by atoms with Gasteiger partial charge in [-0.25, -0.2) is 4.79 Å². The van der Waals surface area contributed by atoms with Gasteiger partial charge < -0.3 is 24.0 Å². The van der Waals surface area contributed by atoms with Gasteiger partial charge in [-0.1, -0.05) is 12.1 Å². The van der Waals surface area contributed by atoms with Crippen molar-refractivity contribution in [2.75, 3.05) is 40.5 Å². The van der Waals surface area contributed by atoms with Gasteiger partial charge in [0.1, 0.15) is 18.0 Å². The van der Waals surface area contributed by atoms with E-state index in [4.69, 9.17) is 14.2 Å². The first-order chi connectivity index (χ1) is 17.5. The van der Waals surface area contributed by atoms with Crippen LogP contribution in [0.2, 0.25) is 0 Å². The number of rotatable bonds is 3. The molecular weight excluding hydrogens is 460 g/mol. The Balaban J connectivity index is 1.61. The number of hydrogen-bond donors (Lipinski definition) is 0. The van der Waals surface area contributed by atoms with Gasteiger partial charge in [0.25, 0.3) is 5.91 Å². The molecule has 2 aromatic rings.